The van der Waals surface area contributed by atoms with Crippen molar-refractivity contribution in [3.63, 3.8) is 0 Å². The summed E-state index contributed by atoms with van der Waals surface area (Å²) < 4.78 is 4.92. The van der Waals surface area contributed by atoms with Crippen LogP contribution in [0.1, 0.15) is 18.9 Å². The van der Waals surface area contributed by atoms with Gasteiger partial charge < -0.3 is 4.74 Å². The number of esters is 1. The Hall–Kier alpha value is -1.31. The monoisotopic (exact) mass is 176 g/mol. The molecule has 68 valence electrons. The fourth-order valence-electron chi connectivity index (χ4n) is 0.918. The summed E-state index contributed by atoms with van der Waals surface area (Å²) in [6.07, 6.45) is 3.15. The average molecular weight is 176 g/mol. The number of rotatable bonds is 4. The zero-order valence-corrected chi connectivity index (χ0v) is 7.62. The lowest BCUT2D eigenvalue weighted by atomic mass is 10.2. The molecule has 13 heavy (non-hydrogen) atoms. The second kappa shape index (κ2) is 5.36. The van der Waals surface area contributed by atoms with Gasteiger partial charge in [0.25, 0.3) is 0 Å². The Morgan fingerprint density at radius 3 is 2.69 bits per heavy atom. The average Bonchev–Trinajstić information content (AvgIpc) is 2.17. The van der Waals surface area contributed by atoms with E-state index in [-0.39, 0.29) is 5.97 Å². The minimum Gasteiger partial charge on any atom is -0.460 e. The van der Waals surface area contributed by atoms with Crippen LogP contribution >= 0.6 is 0 Å². The Labute approximate surface area is 78.5 Å². The highest BCUT2D eigenvalue weighted by Crippen LogP contribution is 2.01. The number of ether oxygens (including phenoxy) is 1. The van der Waals surface area contributed by atoms with Crippen molar-refractivity contribution in [3.8, 4) is 0 Å². The third kappa shape index (κ3) is 3.74. The van der Waals surface area contributed by atoms with E-state index in [4.69, 9.17) is 4.74 Å². The summed E-state index contributed by atoms with van der Waals surface area (Å²) in [4.78, 5) is 10.9. The van der Waals surface area contributed by atoms with Gasteiger partial charge in [-0.1, -0.05) is 37.3 Å². The van der Waals surface area contributed by atoms with Crippen LogP contribution in [0, 0.1) is 6.42 Å². The molecule has 1 aromatic carbocycles. The maximum absolute atomic E-state index is 10.9. The van der Waals surface area contributed by atoms with Crippen LogP contribution in [0.2, 0.25) is 0 Å². The first kappa shape index (κ1) is 9.78. The van der Waals surface area contributed by atoms with Crippen LogP contribution in [0.25, 0.3) is 0 Å². The molecule has 0 aliphatic heterocycles. The van der Waals surface area contributed by atoms with E-state index in [1.165, 1.54) is 0 Å². The van der Waals surface area contributed by atoms with Gasteiger partial charge in [-0.3, -0.25) is 4.79 Å². The van der Waals surface area contributed by atoms with Crippen LogP contribution in [-0.2, 0) is 16.1 Å². The summed E-state index contributed by atoms with van der Waals surface area (Å²) in [5.74, 6) is -0.369. The lowest BCUT2D eigenvalue weighted by molar-refractivity contribution is -0.140. The van der Waals surface area contributed by atoms with Crippen LogP contribution in [0.15, 0.2) is 30.3 Å². The molecule has 0 N–H and O–H groups in total. The molecule has 1 rings (SSSR count). The molecule has 0 bridgehead atoms. The summed E-state index contributed by atoms with van der Waals surface area (Å²) in [5.41, 5.74) is 0.994. The third-order valence-corrected chi connectivity index (χ3v) is 1.53. The fraction of sp³-hybridized carbons (Fsp3) is 0.273. The molecular weight excluding hydrogens is 164 g/mol. The van der Waals surface area contributed by atoms with Crippen LogP contribution in [0.3, 0.4) is 0 Å². The molecule has 2 heteroatoms. The van der Waals surface area contributed by atoms with Crippen molar-refractivity contribution >= 4 is 5.97 Å². The van der Waals surface area contributed by atoms with Crippen molar-refractivity contribution in [3.05, 3.63) is 42.3 Å². The standard InChI is InChI=1S/C11H12O2/c1-2-6-11(12)13-9-10-7-4-3-5-8-10/h3-5,7-8H,2,9H2,1H3. The Balaban J connectivity index is 2.31. The van der Waals surface area contributed by atoms with E-state index in [0.717, 1.165) is 5.56 Å². The van der Waals surface area contributed by atoms with E-state index in [2.05, 4.69) is 6.42 Å². The zero-order chi connectivity index (χ0) is 9.52. The van der Waals surface area contributed by atoms with Gasteiger partial charge in [0.2, 0.25) is 0 Å². The third-order valence-electron chi connectivity index (χ3n) is 1.53. The van der Waals surface area contributed by atoms with Gasteiger partial charge in [-0.2, -0.15) is 0 Å². The molecule has 0 aliphatic rings. The van der Waals surface area contributed by atoms with Crippen LogP contribution in [-0.4, -0.2) is 5.97 Å². The second-order valence-electron chi connectivity index (χ2n) is 2.59. The van der Waals surface area contributed by atoms with Gasteiger partial charge >= 0.3 is 5.97 Å². The van der Waals surface area contributed by atoms with Crippen molar-refractivity contribution in [2.24, 2.45) is 0 Å². The molecule has 0 saturated heterocycles. The van der Waals surface area contributed by atoms with Gasteiger partial charge in [0.1, 0.15) is 13.0 Å². The summed E-state index contributed by atoms with van der Waals surface area (Å²) in [5, 5.41) is 0. The lowest BCUT2D eigenvalue weighted by Crippen LogP contribution is -2.04. The van der Waals surface area contributed by atoms with E-state index >= 15 is 0 Å². The molecule has 0 heterocycles. The minimum absolute atomic E-state index is 0.326. The van der Waals surface area contributed by atoms with E-state index in [9.17, 15) is 4.79 Å². The predicted octanol–water partition coefficient (Wildman–Crippen LogP) is 2.22. The Morgan fingerprint density at radius 2 is 2.08 bits per heavy atom. The van der Waals surface area contributed by atoms with Crippen molar-refractivity contribution in [1.82, 2.24) is 0 Å². The summed E-state index contributed by atoms with van der Waals surface area (Å²) in [7, 11) is 0. The molecule has 0 spiro atoms. The highest BCUT2D eigenvalue weighted by atomic mass is 16.5. The Kier molecular flexibility index (Phi) is 4.03. The number of carbonyl (C=O) groups is 1. The second-order valence-corrected chi connectivity index (χ2v) is 2.59. The summed E-state index contributed by atoms with van der Waals surface area (Å²) in [6.45, 7) is 2.18. The van der Waals surface area contributed by atoms with Gasteiger partial charge in [0, 0.05) is 0 Å². The largest absolute Gasteiger partial charge is 0.460 e. The van der Waals surface area contributed by atoms with Crippen molar-refractivity contribution in [2.75, 3.05) is 0 Å². The molecule has 0 fully saturated rings. The molecule has 1 aromatic rings. The minimum atomic E-state index is -0.369. The number of carbonyl (C=O) groups excluding carboxylic acids is 1. The van der Waals surface area contributed by atoms with E-state index in [0.29, 0.717) is 13.0 Å². The first-order valence-electron chi connectivity index (χ1n) is 4.27. The molecule has 0 atom stereocenters. The van der Waals surface area contributed by atoms with Gasteiger partial charge in [-0.05, 0) is 12.0 Å². The van der Waals surface area contributed by atoms with Crippen LogP contribution in [0.4, 0.5) is 0 Å². The number of benzene rings is 1. The van der Waals surface area contributed by atoms with E-state index < -0.39 is 0 Å². The fourth-order valence-corrected chi connectivity index (χ4v) is 0.918. The molecule has 0 saturated carbocycles. The van der Waals surface area contributed by atoms with Crippen molar-refractivity contribution in [1.29, 1.82) is 0 Å². The first-order chi connectivity index (χ1) is 6.33. The Bertz CT molecular complexity index is 254. The highest BCUT2D eigenvalue weighted by Gasteiger charge is 2.01. The van der Waals surface area contributed by atoms with Crippen molar-refractivity contribution < 1.29 is 9.53 Å². The van der Waals surface area contributed by atoms with Gasteiger partial charge in [0.05, 0.1) is 0 Å². The molecule has 0 unspecified atom stereocenters. The molecule has 2 radical (unpaired) electrons. The molecule has 0 amide bonds. The molecule has 0 aliphatic carbocycles. The SMILES string of the molecule is CC[C]C(=O)OCc1ccccc1. The lowest BCUT2D eigenvalue weighted by Gasteiger charge is -2.02. The number of hydrogen-bond acceptors (Lipinski definition) is 2. The topological polar surface area (TPSA) is 26.3 Å². The zero-order valence-electron chi connectivity index (χ0n) is 7.62. The van der Waals surface area contributed by atoms with Gasteiger partial charge in [-0.25, -0.2) is 0 Å². The quantitative estimate of drug-likeness (QED) is 0.657. The molecule has 2 nitrogen and oxygen atoms in total. The number of hydrogen-bond donors (Lipinski definition) is 0. The van der Waals surface area contributed by atoms with Gasteiger partial charge in [0.15, 0.2) is 0 Å². The summed E-state index contributed by atoms with van der Waals surface area (Å²) in [6, 6.07) is 9.58. The highest BCUT2D eigenvalue weighted by molar-refractivity contribution is 5.78. The van der Waals surface area contributed by atoms with Crippen molar-refractivity contribution in [2.45, 2.75) is 20.0 Å². The van der Waals surface area contributed by atoms with Crippen LogP contribution < -0.4 is 0 Å². The normalized spacial score (nSPS) is 9.62. The van der Waals surface area contributed by atoms with Gasteiger partial charge in [-0.15, -0.1) is 0 Å². The van der Waals surface area contributed by atoms with E-state index in [1.54, 1.807) is 0 Å². The maximum Gasteiger partial charge on any atom is 0.314 e. The predicted molar refractivity (Wildman–Crippen MR) is 49.8 cm³/mol. The Morgan fingerprint density at radius 1 is 1.38 bits per heavy atom. The molecular formula is C11H12O2. The molecule has 0 aromatic heterocycles. The maximum atomic E-state index is 10.9. The first-order valence-corrected chi connectivity index (χ1v) is 4.27. The smallest absolute Gasteiger partial charge is 0.314 e. The van der Waals surface area contributed by atoms with Crippen LogP contribution in [0.5, 0.6) is 0 Å². The van der Waals surface area contributed by atoms with E-state index in [1.807, 2.05) is 37.3 Å². The summed E-state index contributed by atoms with van der Waals surface area (Å²) >= 11 is 0.